The fraction of sp³-hybridized carbons (Fsp3) is 0.500. The number of aliphatic hydroxyl groups is 2. The fourth-order valence-electron chi connectivity index (χ4n) is 4.81. The molecule has 3 heterocycles. The number of hydrogen-bond donors (Lipinski definition) is 2. The van der Waals surface area contributed by atoms with Gasteiger partial charge < -0.3 is 34.1 Å². The first-order valence-corrected chi connectivity index (χ1v) is 10.9. The van der Waals surface area contributed by atoms with Crippen molar-refractivity contribution in [3.63, 3.8) is 0 Å². The van der Waals surface area contributed by atoms with Crippen molar-refractivity contribution in [2.24, 2.45) is 0 Å². The van der Waals surface area contributed by atoms with Crippen LogP contribution in [0.3, 0.4) is 0 Å². The normalized spacial score (nSPS) is 23.0. The first kappa shape index (κ1) is 20.4. The van der Waals surface area contributed by atoms with Crippen LogP contribution in [0.1, 0.15) is 42.6 Å². The van der Waals surface area contributed by atoms with E-state index >= 15 is 0 Å². The van der Waals surface area contributed by atoms with E-state index in [1.807, 2.05) is 36.4 Å². The zero-order valence-corrected chi connectivity index (χ0v) is 17.8. The van der Waals surface area contributed by atoms with E-state index in [0.717, 1.165) is 54.3 Å². The standard InChI is InChI=1S/C24H29NO6/c1-28-17-3-5-21-18(13-17)19(26)14-24(31-21)6-8-25(9-7-24)15-20(27)16-2-4-22-23(12-16)30-11-10-29-22/h2-5,12-13,19-20,26-27H,6-11,14-15H2,1H3/t19-,20+/m1/s1. The lowest BCUT2D eigenvalue weighted by atomic mass is 9.81. The molecule has 7 heteroatoms. The molecule has 2 N–H and O–H groups in total. The predicted octanol–water partition coefficient (Wildman–Crippen LogP) is 2.85. The number of rotatable bonds is 4. The Labute approximate surface area is 182 Å². The van der Waals surface area contributed by atoms with Crippen LogP contribution >= 0.6 is 0 Å². The van der Waals surface area contributed by atoms with Gasteiger partial charge >= 0.3 is 0 Å². The minimum absolute atomic E-state index is 0.362. The zero-order valence-electron chi connectivity index (χ0n) is 17.8. The highest BCUT2D eigenvalue weighted by molar-refractivity contribution is 5.45. The largest absolute Gasteiger partial charge is 0.497 e. The molecule has 1 spiro atoms. The highest BCUT2D eigenvalue weighted by atomic mass is 16.6. The van der Waals surface area contributed by atoms with Crippen LogP contribution in [0.15, 0.2) is 36.4 Å². The molecule has 0 unspecified atom stereocenters. The van der Waals surface area contributed by atoms with E-state index in [1.54, 1.807) is 7.11 Å². The smallest absolute Gasteiger partial charge is 0.161 e. The first-order valence-electron chi connectivity index (χ1n) is 10.9. The number of fused-ring (bicyclic) bond motifs is 2. The molecule has 2 atom stereocenters. The van der Waals surface area contributed by atoms with Crippen molar-refractivity contribution >= 4 is 0 Å². The second-order valence-electron chi connectivity index (χ2n) is 8.63. The molecule has 31 heavy (non-hydrogen) atoms. The number of methoxy groups -OCH3 is 1. The SMILES string of the molecule is COc1ccc2c(c1)[C@H](O)CC1(CCN(C[C@H](O)c3ccc4c(c3)OCCO4)CC1)O2. The summed E-state index contributed by atoms with van der Waals surface area (Å²) in [5.74, 6) is 2.89. The number of nitrogens with zero attached hydrogens (tertiary/aromatic N) is 1. The van der Waals surface area contributed by atoms with Crippen LogP contribution in [-0.2, 0) is 0 Å². The molecule has 0 aliphatic carbocycles. The topological polar surface area (TPSA) is 80.6 Å². The summed E-state index contributed by atoms with van der Waals surface area (Å²) in [5, 5.41) is 21.5. The number of β-amino-alcohol motifs (C(OH)–C–C–N with tert-alkyl or cyclic N) is 1. The average Bonchev–Trinajstić information content (AvgIpc) is 2.80. The number of aliphatic hydroxyl groups excluding tert-OH is 2. The molecule has 1 saturated heterocycles. The molecule has 3 aliphatic rings. The summed E-state index contributed by atoms with van der Waals surface area (Å²) in [7, 11) is 1.62. The number of piperidine rings is 1. The third-order valence-electron chi connectivity index (χ3n) is 6.62. The minimum atomic E-state index is -0.601. The Morgan fingerprint density at radius 2 is 1.81 bits per heavy atom. The maximum Gasteiger partial charge on any atom is 0.161 e. The molecule has 2 aromatic carbocycles. The van der Waals surface area contributed by atoms with Gasteiger partial charge in [0.15, 0.2) is 11.5 Å². The summed E-state index contributed by atoms with van der Waals surface area (Å²) in [6.07, 6.45) is 1.03. The van der Waals surface area contributed by atoms with Crippen molar-refractivity contribution in [2.45, 2.75) is 37.1 Å². The van der Waals surface area contributed by atoms with Crippen LogP contribution in [0.5, 0.6) is 23.0 Å². The molecule has 1 fully saturated rings. The van der Waals surface area contributed by atoms with Crippen LogP contribution in [0.4, 0.5) is 0 Å². The Bertz CT molecular complexity index is 940. The molecule has 3 aliphatic heterocycles. The van der Waals surface area contributed by atoms with Crippen LogP contribution in [0, 0.1) is 0 Å². The van der Waals surface area contributed by atoms with Gasteiger partial charge in [0.1, 0.15) is 30.3 Å². The lowest BCUT2D eigenvalue weighted by Gasteiger charge is -2.46. The Kier molecular flexibility index (Phi) is 5.42. The van der Waals surface area contributed by atoms with Crippen molar-refractivity contribution in [2.75, 3.05) is 40.0 Å². The second kappa shape index (κ2) is 8.22. The Balaban J connectivity index is 1.21. The molecule has 0 aromatic heterocycles. The van der Waals surface area contributed by atoms with Gasteiger partial charge in [-0.2, -0.15) is 0 Å². The highest BCUT2D eigenvalue weighted by Crippen LogP contribution is 2.45. The molecule has 0 saturated carbocycles. The first-order chi connectivity index (χ1) is 15.0. The summed E-state index contributed by atoms with van der Waals surface area (Å²) in [6.45, 7) is 3.24. The zero-order chi connectivity index (χ0) is 21.4. The Hall–Kier alpha value is -2.48. The van der Waals surface area contributed by atoms with Gasteiger partial charge in [-0.25, -0.2) is 0 Å². The van der Waals surface area contributed by atoms with Crippen molar-refractivity contribution in [1.29, 1.82) is 0 Å². The summed E-state index contributed by atoms with van der Waals surface area (Å²) >= 11 is 0. The van der Waals surface area contributed by atoms with Crippen LogP contribution in [0.2, 0.25) is 0 Å². The third-order valence-corrected chi connectivity index (χ3v) is 6.62. The van der Waals surface area contributed by atoms with Gasteiger partial charge in [0.25, 0.3) is 0 Å². The summed E-state index contributed by atoms with van der Waals surface area (Å²) in [4.78, 5) is 2.26. The van der Waals surface area contributed by atoms with Crippen molar-refractivity contribution in [1.82, 2.24) is 4.90 Å². The van der Waals surface area contributed by atoms with Gasteiger partial charge in [-0.3, -0.25) is 0 Å². The quantitative estimate of drug-likeness (QED) is 0.777. The molecule has 0 radical (unpaired) electrons. The summed E-state index contributed by atoms with van der Waals surface area (Å²) < 4.78 is 22.9. The van der Waals surface area contributed by atoms with Gasteiger partial charge in [-0.15, -0.1) is 0 Å². The van der Waals surface area contributed by atoms with Gasteiger partial charge in [-0.1, -0.05) is 6.07 Å². The lowest BCUT2D eigenvalue weighted by Crippen LogP contribution is -2.51. The molecular weight excluding hydrogens is 398 g/mol. The van der Waals surface area contributed by atoms with Crippen molar-refractivity contribution in [3.8, 4) is 23.0 Å². The molecule has 7 nitrogen and oxygen atoms in total. The van der Waals surface area contributed by atoms with E-state index in [4.69, 9.17) is 18.9 Å². The maximum atomic E-state index is 10.8. The van der Waals surface area contributed by atoms with E-state index < -0.39 is 12.2 Å². The number of benzene rings is 2. The highest BCUT2D eigenvalue weighted by Gasteiger charge is 2.43. The van der Waals surface area contributed by atoms with Crippen molar-refractivity contribution in [3.05, 3.63) is 47.5 Å². The van der Waals surface area contributed by atoms with Gasteiger partial charge in [0.05, 0.1) is 19.3 Å². The van der Waals surface area contributed by atoms with E-state index in [0.29, 0.717) is 31.9 Å². The van der Waals surface area contributed by atoms with Crippen LogP contribution < -0.4 is 18.9 Å². The van der Waals surface area contributed by atoms with Crippen molar-refractivity contribution < 1.29 is 29.2 Å². The predicted molar refractivity (Wildman–Crippen MR) is 114 cm³/mol. The van der Waals surface area contributed by atoms with Gasteiger partial charge in [-0.05, 0) is 48.7 Å². The Morgan fingerprint density at radius 3 is 2.58 bits per heavy atom. The molecule has 0 bridgehead atoms. The fourth-order valence-corrected chi connectivity index (χ4v) is 4.81. The molecule has 2 aromatic rings. The molecule has 166 valence electrons. The van der Waals surface area contributed by atoms with E-state index in [9.17, 15) is 10.2 Å². The second-order valence-corrected chi connectivity index (χ2v) is 8.63. The van der Waals surface area contributed by atoms with E-state index in [1.165, 1.54) is 0 Å². The number of hydrogen-bond acceptors (Lipinski definition) is 7. The maximum absolute atomic E-state index is 10.8. The lowest BCUT2D eigenvalue weighted by molar-refractivity contribution is -0.0588. The molecule has 0 amide bonds. The van der Waals surface area contributed by atoms with Gasteiger partial charge in [0.2, 0.25) is 0 Å². The van der Waals surface area contributed by atoms with Crippen LogP contribution in [0.25, 0.3) is 0 Å². The summed E-state index contributed by atoms with van der Waals surface area (Å²) in [6, 6.07) is 11.2. The summed E-state index contributed by atoms with van der Waals surface area (Å²) in [5.41, 5.74) is 1.26. The molecular formula is C24H29NO6. The Morgan fingerprint density at radius 1 is 1.06 bits per heavy atom. The minimum Gasteiger partial charge on any atom is -0.497 e. The van der Waals surface area contributed by atoms with Crippen LogP contribution in [-0.4, -0.2) is 60.7 Å². The molecule has 5 rings (SSSR count). The third kappa shape index (κ3) is 4.05. The monoisotopic (exact) mass is 427 g/mol. The average molecular weight is 427 g/mol. The van der Waals surface area contributed by atoms with Gasteiger partial charge in [0, 0.05) is 31.6 Å². The van der Waals surface area contributed by atoms with E-state index in [2.05, 4.69) is 4.90 Å². The van der Waals surface area contributed by atoms with E-state index in [-0.39, 0.29) is 5.60 Å². The number of likely N-dealkylation sites (tertiary alicyclic amines) is 1. The number of ether oxygens (including phenoxy) is 4.